The first kappa shape index (κ1) is 18.4. The van der Waals surface area contributed by atoms with Crippen LogP contribution < -0.4 is 5.73 Å². The Morgan fingerprint density at radius 2 is 1.05 bits per heavy atom. The van der Waals surface area contributed by atoms with Gasteiger partial charge in [-0.05, 0) is 25.8 Å². The third-order valence-corrected chi connectivity index (χ3v) is 3.60. The zero-order valence-electron chi connectivity index (χ0n) is 12.9. The first-order chi connectivity index (χ1) is 9.41. The van der Waals surface area contributed by atoms with E-state index in [1.165, 1.54) is 83.5 Å². The van der Waals surface area contributed by atoms with Crippen molar-refractivity contribution >= 4 is 0 Å². The quantitative estimate of drug-likeness (QED) is 0.296. The molecule has 0 aromatic carbocycles. The van der Waals surface area contributed by atoms with Crippen molar-refractivity contribution in [3.8, 4) is 0 Å². The fourth-order valence-electron chi connectivity index (χ4n) is 2.37. The van der Waals surface area contributed by atoms with Crippen molar-refractivity contribution in [1.82, 2.24) is 0 Å². The second-order valence-corrected chi connectivity index (χ2v) is 5.48. The molecule has 0 heterocycles. The van der Waals surface area contributed by atoms with Crippen molar-refractivity contribution in [2.75, 3.05) is 6.54 Å². The van der Waals surface area contributed by atoms with E-state index in [9.17, 15) is 0 Å². The Labute approximate surface area is 121 Å². The van der Waals surface area contributed by atoms with Crippen LogP contribution >= 0.6 is 0 Å². The molecule has 0 amide bonds. The van der Waals surface area contributed by atoms with Crippen LogP contribution in [-0.2, 0) is 0 Å². The Morgan fingerprint density at radius 3 is 1.47 bits per heavy atom. The summed E-state index contributed by atoms with van der Waals surface area (Å²) in [6.45, 7) is 4.54. The number of allylic oxidation sites excluding steroid dienone is 3. The van der Waals surface area contributed by atoms with Crippen molar-refractivity contribution < 1.29 is 0 Å². The molecule has 2 N–H and O–H groups in total. The fourth-order valence-corrected chi connectivity index (χ4v) is 2.37. The molecule has 19 heavy (non-hydrogen) atoms. The SMILES string of the molecule is C=CC=CCCCCCCCCCCCCCCN. The lowest BCUT2D eigenvalue weighted by Crippen LogP contribution is -1.97. The van der Waals surface area contributed by atoms with E-state index >= 15 is 0 Å². The molecule has 0 fully saturated rings. The van der Waals surface area contributed by atoms with Gasteiger partial charge >= 0.3 is 0 Å². The smallest absolute Gasteiger partial charge is 0.00773 e. The van der Waals surface area contributed by atoms with E-state index in [0.29, 0.717) is 0 Å². The van der Waals surface area contributed by atoms with E-state index in [1.54, 1.807) is 0 Å². The summed E-state index contributed by atoms with van der Waals surface area (Å²) < 4.78 is 0. The maximum absolute atomic E-state index is 5.47. The largest absolute Gasteiger partial charge is 0.330 e. The minimum absolute atomic E-state index is 0.864. The highest BCUT2D eigenvalue weighted by molar-refractivity contribution is 4.96. The van der Waals surface area contributed by atoms with Crippen LogP contribution in [0.15, 0.2) is 24.8 Å². The molecule has 0 atom stereocenters. The average molecular weight is 265 g/mol. The standard InChI is InChI=1S/C18H35N/c1-2-3-4-5-6-7-8-9-10-11-12-13-14-15-16-17-18-19/h2-4H,1,5-19H2. The maximum Gasteiger partial charge on any atom is -0.00773 e. The first-order valence-corrected chi connectivity index (χ1v) is 8.39. The summed E-state index contributed by atoms with van der Waals surface area (Å²) in [5.74, 6) is 0. The molecule has 0 radical (unpaired) electrons. The van der Waals surface area contributed by atoms with Gasteiger partial charge in [-0.2, -0.15) is 0 Å². The molecule has 1 heteroatoms. The summed E-state index contributed by atoms with van der Waals surface area (Å²) in [7, 11) is 0. The van der Waals surface area contributed by atoms with Gasteiger partial charge in [0.15, 0.2) is 0 Å². The highest BCUT2D eigenvalue weighted by Gasteiger charge is 1.93. The molecule has 0 bridgehead atoms. The van der Waals surface area contributed by atoms with E-state index in [0.717, 1.165) is 6.54 Å². The van der Waals surface area contributed by atoms with Crippen LogP contribution in [0.4, 0.5) is 0 Å². The van der Waals surface area contributed by atoms with Gasteiger partial charge in [0.25, 0.3) is 0 Å². The molecule has 0 aliphatic carbocycles. The zero-order chi connectivity index (χ0) is 14.0. The summed E-state index contributed by atoms with van der Waals surface area (Å²) in [5.41, 5.74) is 5.47. The van der Waals surface area contributed by atoms with E-state index in [2.05, 4.69) is 12.7 Å². The van der Waals surface area contributed by atoms with E-state index in [4.69, 9.17) is 5.73 Å². The predicted octanol–water partition coefficient (Wildman–Crippen LogP) is 5.76. The molecule has 112 valence electrons. The van der Waals surface area contributed by atoms with Gasteiger partial charge in [0.2, 0.25) is 0 Å². The summed E-state index contributed by atoms with van der Waals surface area (Å²) in [5, 5.41) is 0. The molecule has 0 saturated carbocycles. The van der Waals surface area contributed by atoms with Gasteiger partial charge in [-0.1, -0.05) is 89.0 Å². The molecule has 1 nitrogen and oxygen atoms in total. The molecular weight excluding hydrogens is 230 g/mol. The van der Waals surface area contributed by atoms with E-state index in [1.807, 2.05) is 12.2 Å². The highest BCUT2D eigenvalue weighted by Crippen LogP contribution is 2.12. The first-order valence-electron chi connectivity index (χ1n) is 8.39. The lowest BCUT2D eigenvalue weighted by atomic mass is 10.0. The number of rotatable bonds is 15. The summed E-state index contributed by atoms with van der Waals surface area (Å²) >= 11 is 0. The number of hydrogen-bond donors (Lipinski definition) is 1. The van der Waals surface area contributed by atoms with Crippen molar-refractivity contribution in [3.05, 3.63) is 24.8 Å². The molecule has 0 rings (SSSR count). The number of unbranched alkanes of at least 4 members (excludes halogenated alkanes) is 12. The molecule has 0 aromatic heterocycles. The van der Waals surface area contributed by atoms with Crippen LogP contribution in [0, 0.1) is 0 Å². The van der Waals surface area contributed by atoms with Crippen molar-refractivity contribution in [2.24, 2.45) is 5.73 Å². The van der Waals surface area contributed by atoms with Gasteiger partial charge < -0.3 is 5.73 Å². The average Bonchev–Trinajstić information content (AvgIpc) is 2.43. The molecule has 0 aliphatic heterocycles. The topological polar surface area (TPSA) is 26.0 Å². The Morgan fingerprint density at radius 1 is 0.632 bits per heavy atom. The van der Waals surface area contributed by atoms with Crippen LogP contribution in [0.5, 0.6) is 0 Å². The summed E-state index contributed by atoms with van der Waals surface area (Å²) in [4.78, 5) is 0. The third kappa shape index (κ3) is 17.4. The van der Waals surface area contributed by atoms with Crippen molar-refractivity contribution in [2.45, 2.75) is 83.5 Å². The monoisotopic (exact) mass is 265 g/mol. The van der Waals surface area contributed by atoms with Gasteiger partial charge in [-0.15, -0.1) is 0 Å². The second kappa shape index (κ2) is 17.4. The van der Waals surface area contributed by atoms with Crippen molar-refractivity contribution in [3.63, 3.8) is 0 Å². The minimum atomic E-state index is 0.864. The van der Waals surface area contributed by atoms with Crippen LogP contribution in [-0.4, -0.2) is 6.54 Å². The zero-order valence-corrected chi connectivity index (χ0v) is 12.9. The molecule has 0 aliphatic rings. The lowest BCUT2D eigenvalue weighted by Gasteiger charge is -2.02. The Hall–Kier alpha value is -0.560. The van der Waals surface area contributed by atoms with Gasteiger partial charge in [-0.25, -0.2) is 0 Å². The van der Waals surface area contributed by atoms with Gasteiger partial charge in [0.1, 0.15) is 0 Å². The molecular formula is C18H35N. The normalized spacial score (nSPS) is 11.2. The van der Waals surface area contributed by atoms with E-state index < -0.39 is 0 Å². The van der Waals surface area contributed by atoms with E-state index in [-0.39, 0.29) is 0 Å². The Bertz CT molecular complexity index is 196. The molecule has 0 saturated heterocycles. The molecule has 0 spiro atoms. The fraction of sp³-hybridized carbons (Fsp3) is 0.778. The van der Waals surface area contributed by atoms with Gasteiger partial charge in [-0.3, -0.25) is 0 Å². The van der Waals surface area contributed by atoms with Gasteiger partial charge in [0, 0.05) is 0 Å². The van der Waals surface area contributed by atoms with Crippen LogP contribution in [0.3, 0.4) is 0 Å². The highest BCUT2D eigenvalue weighted by atomic mass is 14.5. The van der Waals surface area contributed by atoms with Gasteiger partial charge in [0.05, 0.1) is 0 Å². The minimum Gasteiger partial charge on any atom is -0.330 e. The summed E-state index contributed by atoms with van der Waals surface area (Å²) in [6, 6.07) is 0. The number of hydrogen-bond acceptors (Lipinski definition) is 1. The molecule has 0 aromatic rings. The van der Waals surface area contributed by atoms with Crippen LogP contribution in [0.2, 0.25) is 0 Å². The van der Waals surface area contributed by atoms with Crippen molar-refractivity contribution in [1.29, 1.82) is 0 Å². The Kier molecular flexibility index (Phi) is 16.9. The third-order valence-electron chi connectivity index (χ3n) is 3.60. The summed E-state index contributed by atoms with van der Waals surface area (Å²) in [6.07, 6.45) is 24.0. The lowest BCUT2D eigenvalue weighted by molar-refractivity contribution is 0.542. The Balaban J connectivity index is 2.95. The predicted molar refractivity (Wildman–Crippen MR) is 88.4 cm³/mol. The molecule has 0 unspecified atom stereocenters. The second-order valence-electron chi connectivity index (χ2n) is 5.48. The maximum atomic E-state index is 5.47. The van der Waals surface area contributed by atoms with Crippen LogP contribution in [0.25, 0.3) is 0 Å². The van der Waals surface area contributed by atoms with Crippen LogP contribution in [0.1, 0.15) is 83.5 Å². The number of nitrogens with two attached hydrogens (primary N) is 1.